The highest BCUT2D eigenvalue weighted by atomic mass is 16.5. The Morgan fingerprint density at radius 3 is 2.64 bits per heavy atom. The van der Waals surface area contributed by atoms with E-state index in [4.69, 9.17) is 11.2 Å². The summed E-state index contributed by atoms with van der Waals surface area (Å²) in [4.78, 5) is 32.3. The maximum Gasteiger partial charge on any atom is 0.339 e. The fraction of sp³-hybridized carbons (Fsp3) is 0.500. The average Bonchev–Trinajstić information content (AvgIpc) is 2.66. The number of hydrogen-bond acceptors (Lipinski definition) is 6. The van der Waals surface area contributed by atoms with Crippen molar-refractivity contribution in [3.8, 4) is 12.3 Å². The summed E-state index contributed by atoms with van der Waals surface area (Å²) in [6.45, 7) is 7.28. The number of pyridine rings is 1. The van der Waals surface area contributed by atoms with Crippen molar-refractivity contribution in [2.75, 3.05) is 44.2 Å². The van der Waals surface area contributed by atoms with Crippen LogP contribution in [0, 0.1) is 12.3 Å². The van der Waals surface area contributed by atoms with Crippen LogP contribution in [0.25, 0.3) is 0 Å². The zero-order chi connectivity index (χ0) is 18.2. The van der Waals surface area contributed by atoms with Crippen LogP contribution in [0.3, 0.4) is 0 Å². The van der Waals surface area contributed by atoms with E-state index in [9.17, 15) is 9.59 Å². The quantitative estimate of drug-likeness (QED) is 0.599. The SMILES string of the molecule is C#CCNC(=O)C(C)N1CCN(c2ccc(C(=O)OCC)cn2)CC1. The van der Waals surface area contributed by atoms with Gasteiger partial charge in [0.05, 0.1) is 24.8 Å². The van der Waals surface area contributed by atoms with Crippen molar-refractivity contribution in [1.29, 1.82) is 0 Å². The Bertz CT molecular complexity index is 631. The number of carbonyl (C=O) groups is 2. The Morgan fingerprint density at radius 1 is 1.36 bits per heavy atom. The second kappa shape index (κ2) is 9.04. The number of anilines is 1. The molecule has 2 rings (SSSR count). The fourth-order valence-corrected chi connectivity index (χ4v) is 2.70. The highest BCUT2D eigenvalue weighted by Crippen LogP contribution is 2.15. The maximum absolute atomic E-state index is 12.0. The van der Waals surface area contributed by atoms with Crippen molar-refractivity contribution >= 4 is 17.7 Å². The number of nitrogens with one attached hydrogen (secondary N) is 1. The monoisotopic (exact) mass is 344 g/mol. The summed E-state index contributed by atoms with van der Waals surface area (Å²) in [6.07, 6.45) is 6.70. The van der Waals surface area contributed by atoms with E-state index in [0.717, 1.165) is 32.0 Å². The molecule has 7 heteroatoms. The lowest BCUT2D eigenvalue weighted by Gasteiger charge is -2.37. The molecule has 0 radical (unpaired) electrons. The number of ether oxygens (including phenoxy) is 1. The molecule has 25 heavy (non-hydrogen) atoms. The summed E-state index contributed by atoms with van der Waals surface area (Å²) in [7, 11) is 0. The molecular formula is C18H24N4O3. The Balaban J connectivity index is 1.88. The predicted molar refractivity (Wildman–Crippen MR) is 95.3 cm³/mol. The third kappa shape index (κ3) is 4.94. The van der Waals surface area contributed by atoms with E-state index in [1.165, 1.54) is 6.20 Å². The smallest absolute Gasteiger partial charge is 0.339 e. The molecule has 1 aliphatic rings. The molecule has 1 unspecified atom stereocenters. The van der Waals surface area contributed by atoms with Crippen LogP contribution in [-0.4, -0.2) is 67.1 Å². The summed E-state index contributed by atoms with van der Waals surface area (Å²) in [5.74, 6) is 2.81. The van der Waals surface area contributed by atoms with Crippen molar-refractivity contribution in [3.63, 3.8) is 0 Å². The molecule has 1 saturated heterocycles. The number of terminal acetylenes is 1. The molecule has 1 amide bonds. The average molecular weight is 344 g/mol. The Kier molecular flexibility index (Phi) is 6.78. The number of hydrogen-bond donors (Lipinski definition) is 1. The second-order valence-corrected chi connectivity index (χ2v) is 5.75. The van der Waals surface area contributed by atoms with Crippen LogP contribution in [-0.2, 0) is 9.53 Å². The first-order valence-electron chi connectivity index (χ1n) is 8.40. The van der Waals surface area contributed by atoms with Gasteiger partial charge in [-0.3, -0.25) is 9.69 Å². The largest absolute Gasteiger partial charge is 0.462 e. The molecule has 1 aromatic heterocycles. The molecule has 0 aliphatic carbocycles. The first-order valence-corrected chi connectivity index (χ1v) is 8.40. The third-order valence-electron chi connectivity index (χ3n) is 4.19. The number of nitrogens with zero attached hydrogens (tertiary/aromatic N) is 3. The molecular weight excluding hydrogens is 320 g/mol. The summed E-state index contributed by atoms with van der Waals surface area (Å²) in [5, 5.41) is 2.71. The maximum atomic E-state index is 12.0. The van der Waals surface area contributed by atoms with E-state index in [2.05, 4.69) is 26.0 Å². The molecule has 134 valence electrons. The minimum atomic E-state index is -0.363. The van der Waals surface area contributed by atoms with Gasteiger partial charge in [-0.1, -0.05) is 5.92 Å². The molecule has 1 aromatic rings. The third-order valence-corrected chi connectivity index (χ3v) is 4.19. The van der Waals surface area contributed by atoms with Gasteiger partial charge >= 0.3 is 5.97 Å². The van der Waals surface area contributed by atoms with Crippen molar-refractivity contribution in [2.24, 2.45) is 0 Å². The van der Waals surface area contributed by atoms with Gasteiger partial charge in [-0.15, -0.1) is 6.42 Å². The van der Waals surface area contributed by atoms with Crippen molar-refractivity contribution in [1.82, 2.24) is 15.2 Å². The zero-order valence-electron chi connectivity index (χ0n) is 14.7. The van der Waals surface area contributed by atoms with E-state index in [0.29, 0.717) is 12.2 Å². The molecule has 7 nitrogen and oxygen atoms in total. The van der Waals surface area contributed by atoms with Gasteiger partial charge in [0.2, 0.25) is 5.91 Å². The number of aromatic nitrogens is 1. The van der Waals surface area contributed by atoms with Gasteiger partial charge in [0, 0.05) is 32.4 Å². The molecule has 1 aliphatic heterocycles. The minimum absolute atomic E-state index is 0.0525. The molecule has 1 atom stereocenters. The summed E-state index contributed by atoms with van der Waals surface area (Å²) in [5.41, 5.74) is 0.447. The number of amides is 1. The fourth-order valence-electron chi connectivity index (χ4n) is 2.70. The first kappa shape index (κ1) is 18.7. The minimum Gasteiger partial charge on any atom is -0.462 e. The van der Waals surface area contributed by atoms with E-state index >= 15 is 0 Å². The number of esters is 1. The molecule has 0 bridgehead atoms. The Hall–Kier alpha value is -2.59. The van der Waals surface area contributed by atoms with Crippen molar-refractivity contribution in [2.45, 2.75) is 19.9 Å². The van der Waals surface area contributed by atoms with Crippen LogP contribution in [0.15, 0.2) is 18.3 Å². The molecule has 1 N–H and O–H groups in total. The van der Waals surface area contributed by atoms with Crippen LogP contribution < -0.4 is 10.2 Å². The van der Waals surface area contributed by atoms with Gasteiger partial charge in [-0.05, 0) is 26.0 Å². The van der Waals surface area contributed by atoms with Crippen molar-refractivity contribution < 1.29 is 14.3 Å². The van der Waals surface area contributed by atoms with Gasteiger partial charge in [-0.25, -0.2) is 9.78 Å². The first-order chi connectivity index (χ1) is 12.1. The van der Waals surface area contributed by atoms with E-state index in [1.807, 2.05) is 13.0 Å². The standard InChI is InChI=1S/C18H24N4O3/c1-4-8-19-17(23)14(3)21-9-11-22(12-10-21)16-7-6-15(13-20-16)18(24)25-5-2/h1,6-7,13-14H,5,8-12H2,2-3H3,(H,19,23). The second-order valence-electron chi connectivity index (χ2n) is 5.75. The predicted octanol–water partition coefficient (Wildman–Crippen LogP) is 0.518. The van der Waals surface area contributed by atoms with Crippen LogP contribution in [0.2, 0.25) is 0 Å². The van der Waals surface area contributed by atoms with Crippen LogP contribution in [0.5, 0.6) is 0 Å². The normalized spacial score (nSPS) is 16.0. The molecule has 0 saturated carbocycles. The number of rotatable bonds is 6. The molecule has 1 fully saturated rings. The van der Waals surface area contributed by atoms with Crippen molar-refractivity contribution in [3.05, 3.63) is 23.9 Å². The van der Waals surface area contributed by atoms with E-state index in [-0.39, 0.29) is 24.5 Å². The van der Waals surface area contributed by atoms with E-state index in [1.54, 1.807) is 13.0 Å². The number of piperazine rings is 1. The van der Waals surface area contributed by atoms with Gasteiger partial charge in [-0.2, -0.15) is 0 Å². The summed E-state index contributed by atoms with van der Waals surface area (Å²) < 4.78 is 4.95. The van der Waals surface area contributed by atoms with Gasteiger partial charge in [0.15, 0.2) is 0 Å². The van der Waals surface area contributed by atoms with E-state index < -0.39 is 0 Å². The van der Waals surface area contributed by atoms with Crippen LogP contribution >= 0.6 is 0 Å². The van der Waals surface area contributed by atoms with Gasteiger partial charge in [0.25, 0.3) is 0 Å². The lowest BCUT2D eigenvalue weighted by Crippen LogP contribution is -2.54. The van der Waals surface area contributed by atoms with Gasteiger partial charge in [0.1, 0.15) is 5.82 Å². The lowest BCUT2D eigenvalue weighted by molar-refractivity contribution is -0.125. The Morgan fingerprint density at radius 2 is 2.08 bits per heavy atom. The highest BCUT2D eigenvalue weighted by molar-refractivity contribution is 5.89. The van der Waals surface area contributed by atoms with Gasteiger partial charge < -0.3 is 15.0 Å². The zero-order valence-corrected chi connectivity index (χ0v) is 14.7. The molecule has 0 aromatic carbocycles. The molecule has 2 heterocycles. The lowest BCUT2D eigenvalue weighted by atomic mass is 10.2. The van der Waals surface area contributed by atoms with Crippen LogP contribution in [0.4, 0.5) is 5.82 Å². The highest BCUT2D eigenvalue weighted by Gasteiger charge is 2.25. The van der Waals surface area contributed by atoms with Crippen LogP contribution in [0.1, 0.15) is 24.2 Å². The summed E-state index contributed by atoms with van der Waals surface area (Å²) >= 11 is 0. The topological polar surface area (TPSA) is 74.8 Å². The number of carbonyl (C=O) groups excluding carboxylic acids is 2. The Labute approximate surface area is 148 Å². The summed E-state index contributed by atoms with van der Waals surface area (Å²) in [6, 6.07) is 3.34. The molecule has 0 spiro atoms.